The number of aliphatic hydroxyl groups is 1. The Labute approximate surface area is 188 Å². The molecule has 1 saturated heterocycles. The molecule has 2 aromatic heterocycles. The number of carbonyl (C=O) groups excluding carboxylic acids is 1. The highest BCUT2D eigenvalue weighted by Gasteiger charge is 2.34. The van der Waals surface area contributed by atoms with Crippen LogP contribution in [0.25, 0.3) is 16.7 Å². The number of nitrogens with zero attached hydrogens (tertiary/aromatic N) is 3. The van der Waals surface area contributed by atoms with Crippen molar-refractivity contribution in [3.63, 3.8) is 0 Å². The summed E-state index contributed by atoms with van der Waals surface area (Å²) in [6.45, 7) is 2.38. The summed E-state index contributed by atoms with van der Waals surface area (Å²) < 4.78 is 31.3. The zero-order valence-electron chi connectivity index (χ0n) is 17.9. The number of ether oxygens (including phenoxy) is 1. The molecule has 1 amide bonds. The number of thioether (sulfide) groups is 1. The van der Waals surface area contributed by atoms with Gasteiger partial charge in [0.2, 0.25) is 0 Å². The molecule has 3 aromatic rings. The van der Waals surface area contributed by atoms with E-state index >= 15 is 0 Å². The maximum absolute atomic E-state index is 12.8. The number of benzene rings is 1. The highest BCUT2D eigenvalue weighted by Crippen LogP contribution is 2.30. The Kier molecular flexibility index (Phi) is 5.85. The maximum atomic E-state index is 12.8. The first-order chi connectivity index (χ1) is 15.0. The fourth-order valence-corrected chi connectivity index (χ4v) is 4.48. The van der Waals surface area contributed by atoms with E-state index in [4.69, 9.17) is 0 Å². The predicted octanol–water partition coefficient (Wildman–Crippen LogP) is 3.57. The van der Waals surface area contributed by atoms with E-state index in [0.29, 0.717) is 28.0 Å². The van der Waals surface area contributed by atoms with E-state index in [2.05, 4.69) is 20.1 Å². The molecule has 0 unspecified atom stereocenters. The lowest BCUT2D eigenvalue weighted by atomic mass is 10.0. The number of carbonyl (C=O) groups is 1. The fraction of sp³-hybridized carbons (Fsp3) is 0.409. The van der Waals surface area contributed by atoms with E-state index in [-0.39, 0.29) is 23.6 Å². The lowest BCUT2D eigenvalue weighted by molar-refractivity contribution is -0.0498. The Morgan fingerprint density at radius 2 is 2.12 bits per heavy atom. The number of halogens is 2. The van der Waals surface area contributed by atoms with Crippen LogP contribution in [0.3, 0.4) is 0 Å². The van der Waals surface area contributed by atoms with Gasteiger partial charge in [-0.05, 0) is 39.0 Å². The molecule has 1 fully saturated rings. The number of fused-ring (bicyclic) bond motifs is 1. The summed E-state index contributed by atoms with van der Waals surface area (Å²) in [4.78, 5) is 17.3. The van der Waals surface area contributed by atoms with Gasteiger partial charge in [0.15, 0.2) is 5.65 Å². The molecule has 4 rings (SSSR count). The molecule has 1 aromatic carbocycles. The summed E-state index contributed by atoms with van der Waals surface area (Å²) >= 11 is 1.77. The predicted molar refractivity (Wildman–Crippen MR) is 119 cm³/mol. The van der Waals surface area contributed by atoms with Crippen LogP contribution >= 0.6 is 11.8 Å². The van der Waals surface area contributed by atoms with Crippen molar-refractivity contribution in [3.8, 4) is 11.4 Å². The van der Waals surface area contributed by atoms with Gasteiger partial charge in [-0.3, -0.25) is 4.79 Å². The Morgan fingerprint density at radius 3 is 2.75 bits per heavy atom. The Hall–Kier alpha value is -2.72. The monoisotopic (exact) mass is 462 g/mol. The summed E-state index contributed by atoms with van der Waals surface area (Å²) in [6.07, 6.45) is 1.68. The van der Waals surface area contributed by atoms with E-state index in [1.165, 1.54) is 23.0 Å². The molecule has 0 atom stereocenters. The van der Waals surface area contributed by atoms with Crippen LogP contribution in [0, 0.1) is 0 Å². The maximum Gasteiger partial charge on any atom is 0.387 e. The summed E-state index contributed by atoms with van der Waals surface area (Å²) in [5.41, 5.74) is 0.560. The number of alkyl halides is 2. The van der Waals surface area contributed by atoms with Crippen LogP contribution in [-0.2, 0) is 6.42 Å². The fourth-order valence-electron chi connectivity index (χ4n) is 3.52. The van der Waals surface area contributed by atoms with Gasteiger partial charge < -0.3 is 15.2 Å². The van der Waals surface area contributed by atoms with Gasteiger partial charge in [0.25, 0.3) is 5.91 Å². The molecule has 0 spiro atoms. The second kappa shape index (κ2) is 8.32. The summed E-state index contributed by atoms with van der Waals surface area (Å²) in [5.74, 6) is 1.48. The van der Waals surface area contributed by atoms with Crippen LogP contribution in [0.5, 0.6) is 5.75 Å². The summed E-state index contributed by atoms with van der Waals surface area (Å²) in [7, 11) is 0. The molecule has 2 N–H and O–H groups in total. The zero-order valence-corrected chi connectivity index (χ0v) is 18.7. The van der Waals surface area contributed by atoms with Gasteiger partial charge >= 0.3 is 6.61 Å². The number of hydrogen-bond donors (Lipinski definition) is 2. The van der Waals surface area contributed by atoms with Crippen molar-refractivity contribution in [1.29, 1.82) is 0 Å². The standard InChI is InChI=1S/C22H24F2N4O3S/c1-21(2,30)9-17-16-7-13(19(29)26-22(3)11-32-12-22)10-25-18(16)28(27-17)14-5-4-6-15(8-14)31-20(23)24/h4-8,10,20,30H,9,11-12H2,1-3H3,(H,26,29). The van der Waals surface area contributed by atoms with Crippen molar-refractivity contribution in [1.82, 2.24) is 20.1 Å². The molecular weight excluding hydrogens is 438 g/mol. The first-order valence-corrected chi connectivity index (χ1v) is 11.2. The van der Waals surface area contributed by atoms with E-state index in [1.54, 1.807) is 43.8 Å². The van der Waals surface area contributed by atoms with Crippen LogP contribution in [0.15, 0.2) is 36.5 Å². The van der Waals surface area contributed by atoms with Crippen LogP contribution in [-0.4, -0.2) is 55.0 Å². The van der Waals surface area contributed by atoms with E-state index in [1.807, 2.05) is 6.92 Å². The Bertz CT molecular complexity index is 1160. The number of aromatic nitrogens is 3. The largest absolute Gasteiger partial charge is 0.435 e. The highest BCUT2D eigenvalue weighted by molar-refractivity contribution is 8.00. The van der Waals surface area contributed by atoms with Gasteiger partial charge in [-0.25, -0.2) is 9.67 Å². The van der Waals surface area contributed by atoms with Crippen molar-refractivity contribution in [2.24, 2.45) is 0 Å². The van der Waals surface area contributed by atoms with E-state index in [9.17, 15) is 18.7 Å². The van der Waals surface area contributed by atoms with Crippen molar-refractivity contribution >= 4 is 28.7 Å². The molecule has 1 aliphatic rings. The van der Waals surface area contributed by atoms with Crippen LogP contribution in [0.1, 0.15) is 36.8 Å². The SMILES string of the molecule is CC(C)(O)Cc1nn(-c2cccc(OC(F)F)c2)c2ncc(C(=O)NC3(C)CSC3)cc12. The molecule has 7 nitrogen and oxygen atoms in total. The van der Waals surface area contributed by atoms with Crippen molar-refractivity contribution < 1.29 is 23.4 Å². The average molecular weight is 463 g/mol. The van der Waals surface area contributed by atoms with Gasteiger partial charge in [-0.2, -0.15) is 25.6 Å². The second-order valence-electron chi connectivity index (χ2n) is 8.83. The topological polar surface area (TPSA) is 89.3 Å². The second-order valence-corrected chi connectivity index (χ2v) is 9.81. The number of pyridine rings is 1. The van der Waals surface area contributed by atoms with Gasteiger partial charge in [0.05, 0.1) is 28.1 Å². The molecule has 170 valence electrons. The molecule has 10 heteroatoms. The minimum atomic E-state index is -2.94. The number of nitrogens with one attached hydrogen (secondary N) is 1. The lowest BCUT2D eigenvalue weighted by Crippen LogP contribution is -2.55. The van der Waals surface area contributed by atoms with Crippen molar-refractivity contribution in [2.45, 2.75) is 44.9 Å². The number of hydrogen-bond acceptors (Lipinski definition) is 6. The van der Waals surface area contributed by atoms with Gasteiger partial charge in [-0.15, -0.1) is 0 Å². The molecule has 0 aliphatic carbocycles. The smallest absolute Gasteiger partial charge is 0.387 e. The molecule has 3 heterocycles. The summed E-state index contributed by atoms with van der Waals surface area (Å²) in [6, 6.07) is 7.83. The van der Waals surface area contributed by atoms with Crippen molar-refractivity contribution in [3.05, 3.63) is 47.8 Å². The molecule has 0 bridgehead atoms. The van der Waals surface area contributed by atoms with E-state index in [0.717, 1.165) is 11.5 Å². The third-order valence-corrected chi connectivity index (χ3v) is 6.69. The molecular formula is C22H24F2N4O3S. The van der Waals surface area contributed by atoms with Gasteiger partial charge in [0, 0.05) is 35.6 Å². The molecule has 0 saturated carbocycles. The normalized spacial score (nSPS) is 15.6. The number of rotatable bonds is 7. The van der Waals surface area contributed by atoms with Crippen LogP contribution < -0.4 is 10.1 Å². The third-order valence-electron chi connectivity index (χ3n) is 5.01. The van der Waals surface area contributed by atoms with Crippen LogP contribution in [0.4, 0.5) is 8.78 Å². The van der Waals surface area contributed by atoms with Crippen molar-refractivity contribution in [2.75, 3.05) is 11.5 Å². The quantitative estimate of drug-likeness (QED) is 0.558. The van der Waals surface area contributed by atoms with Crippen LogP contribution in [0.2, 0.25) is 0 Å². The Balaban J connectivity index is 1.76. The third kappa shape index (κ3) is 4.86. The average Bonchev–Trinajstić information content (AvgIpc) is 3.02. The number of amides is 1. The Morgan fingerprint density at radius 1 is 1.38 bits per heavy atom. The molecule has 1 aliphatic heterocycles. The zero-order chi connectivity index (χ0) is 23.1. The van der Waals surface area contributed by atoms with Gasteiger partial charge in [-0.1, -0.05) is 6.07 Å². The summed E-state index contributed by atoms with van der Waals surface area (Å²) in [5, 5.41) is 18.6. The lowest BCUT2D eigenvalue weighted by Gasteiger charge is -2.38. The van der Waals surface area contributed by atoms with E-state index < -0.39 is 12.2 Å². The first-order valence-electron chi connectivity index (χ1n) is 10.1. The molecule has 0 radical (unpaired) electrons. The first kappa shape index (κ1) is 22.5. The highest BCUT2D eigenvalue weighted by atomic mass is 32.2. The minimum Gasteiger partial charge on any atom is -0.435 e. The molecule has 32 heavy (non-hydrogen) atoms. The van der Waals surface area contributed by atoms with Gasteiger partial charge in [0.1, 0.15) is 5.75 Å². The minimum absolute atomic E-state index is 0.00667.